The zero-order valence-corrected chi connectivity index (χ0v) is 18.4. The van der Waals surface area contributed by atoms with Gasteiger partial charge in [0.15, 0.2) is 0 Å². The summed E-state index contributed by atoms with van der Waals surface area (Å²) < 4.78 is 10.9. The number of rotatable bonds is 5. The van der Waals surface area contributed by atoms with Gasteiger partial charge in [0.1, 0.15) is 11.5 Å². The van der Waals surface area contributed by atoms with Gasteiger partial charge in [0.05, 0.1) is 22.6 Å². The number of hydrogen-bond acceptors (Lipinski definition) is 5. The summed E-state index contributed by atoms with van der Waals surface area (Å²) in [5, 5.41) is 5.28. The summed E-state index contributed by atoms with van der Waals surface area (Å²) in [6.45, 7) is 0. The smallest absolute Gasteiger partial charge is 0.311 e. The molecular formula is C23H24Cl2N2O3. The predicted molar refractivity (Wildman–Crippen MR) is 115 cm³/mol. The van der Waals surface area contributed by atoms with Crippen LogP contribution in [0.2, 0.25) is 10.0 Å². The van der Waals surface area contributed by atoms with Crippen LogP contribution >= 0.6 is 23.2 Å². The summed E-state index contributed by atoms with van der Waals surface area (Å²) in [7, 11) is 1.50. The van der Waals surface area contributed by atoms with Crippen LogP contribution in [0, 0.1) is 10.8 Å². The summed E-state index contributed by atoms with van der Waals surface area (Å²) in [6.07, 6.45) is 15.5. The number of hydrogen-bond donors (Lipinski definition) is 0. The lowest BCUT2D eigenvalue weighted by molar-refractivity contribution is -0.161. The standard InChI is InChI=1S/C23H24Cl2N2O3/c1-29-21(28)23-9-6-22(7-10-23,8-11-23)5-4-15-19(27-30-20(15)14-2-3-14)18-16(24)12-26-13-17(18)25/h4-5,12-14H,2-3,6-11H2,1H3. The Kier molecular flexibility index (Phi) is 4.94. The second-order valence-electron chi connectivity index (χ2n) is 9.03. The Morgan fingerprint density at radius 3 is 2.33 bits per heavy atom. The second kappa shape index (κ2) is 7.38. The van der Waals surface area contributed by atoms with Gasteiger partial charge in [0.2, 0.25) is 0 Å². The first kappa shape index (κ1) is 20.1. The summed E-state index contributed by atoms with van der Waals surface area (Å²) in [4.78, 5) is 16.3. The van der Waals surface area contributed by atoms with Gasteiger partial charge in [-0.05, 0) is 56.8 Å². The Bertz CT molecular complexity index is 981. The highest BCUT2D eigenvalue weighted by Crippen LogP contribution is 2.58. The van der Waals surface area contributed by atoms with E-state index < -0.39 is 0 Å². The second-order valence-corrected chi connectivity index (χ2v) is 9.84. The molecule has 0 aromatic carbocycles. The number of aromatic nitrogens is 2. The van der Waals surface area contributed by atoms with Crippen LogP contribution in [0.4, 0.5) is 0 Å². The van der Waals surface area contributed by atoms with Gasteiger partial charge in [-0.3, -0.25) is 9.78 Å². The van der Waals surface area contributed by atoms with E-state index in [0.717, 1.165) is 62.7 Å². The van der Waals surface area contributed by atoms with Crippen molar-refractivity contribution >= 4 is 35.2 Å². The van der Waals surface area contributed by atoms with E-state index in [4.69, 9.17) is 32.5 Å². The molecule has 5 nitrogen and oxygen atoms in total. The summed E-state index contributed by atoms with van der Waals surface area (Å²) in [6, 6.07) is 0. The minimum absolute atomic E-state index is 0.0425. The maximum Gasteiger partial charge on any atom is 0.311 e. The molecule has 2 aromatic heterocycles. The molecule has 4 fully saturated rings. The lowest BCUT2D eigenvalue weighted by atomic mass is 9.53. The topological polar surface area (TPSA) is 65.2 Å². The van der Waals surface area contributed by atoms with Crippen molar-refractivity contribution in [2.45, 2.75) is 57.3 Å². The molecule has 2 heterocycles. The van der Waals surface area contributed by atoms with Gasteiger partial charge in [0.25, 0.3) is 0 Å². The van der Waals surface area contributed by atoms with E-state index in [1.54, 1.807) is 12.4 Å². The van der Waals surface area contributed by atoms with E-state index in [1.165, 1.54) is 7.11 Å². The molecule has 0 spiro atoms. The molecule has 4 aliphatic rings. The van der Waals surface area contributed by atoms with Crippen LogP contribution in [0.3, 0.4) is 0 Å². The third-order valence-electron chi connectivity index (χ3n) is 7.32. The molecule has 0 aliphatic heterocycles. The quantitative estimate of drug-likeness (QED) is 0.493. The summed E-state index contributed by atoms with van der Waals surface area (Å²) >= 11 is 12.8. The van der Waals surface area contributed by atoms with Gasteiger partial charge in [-0.1, -0.05) is 40.5 Å². The van der Waals surface area contributed by atoms with Crippen molar-refractivity contribution in [2.75, 3.05) is 7.11 Å². The number of ether oxygens (including phenoxy) is 1. The van der Waals surface area contributed by atoms with Crippen molar-refractivity contribution in [3.05, 3.63) is 39.8 Å². The third-order valence-corrected chi connectivity index (χ3v) is 7.89. The number of esters is 1. The maximum absolute atomic E-state index is 12.3. The van der Waals surface area contributed by atoms with Crippen LogP contribution in [-0.4, -0.2) is 23.2 Å². The molecule has 30 heavy (non-hydrogen) atoms. The number of pyridine rings is 1. The molecule has 0 unspecified atom stereocenters. The van der Waals surface area contributed by atoms with Crippen LogP contribution in [0.15, 0.2) is 23.0 Å². The zero-order chi connectivity index (χ0) is 20.9. The molecule has 0 amide bonds. The van der Waals surface area contributed by atoms with Crippen LogP contribution in [0.25, 0.3) is 17.3 Å². The molecule has 2 bridgehead atoms. The van der Waals surface area contributed by atoms with Crippen molar-refractivity contribution in [1.29, 1.82) is 0 Å². The van der Waals surface area contributed by atoms with E-state index in [1.807, 2.05) is 0 Å². The van der Waals surface area contributed by atoms with Crippen LogP contribution < -0.4 is 0 Å². The van der Waals surface area contributed by atoms with Crippen molar-refractivity contribution < 1.29 is 14.1 Å². The van der Waals surface area contributed by atoms with Gasteiger partial charge in [-0.15, -0.1) is 0 Å². The molecule has 0 radical (unpaired) electrons. The van der Waals surface area contributed by atoms with Crippen molar-refractivity contribution in [3.63, 3.8) is 0 Å². The largest absolute Gasteiger partial charge is 0.469 e. The van der Waals surface area contributed by atoms with Gasteiger partial charge < -0.3 is 9.26 Å². The fourth-order valence-corrected chi connectivity index (χ4v) is 5.72. The molecule has 0 saturated heterocycles. The van der Waals surface area contributed by atoms with Crippen molar-refractivity contribution in [3.8, 4) is 11.3 Å². The average Bonchev–Trinajstić information content (AvgIpc) is 3.53. The van der Waals surface area contributed by atoms with E-state index in [0.29, 0.717) is 27.2 Å². The van der Waals surface area contributed by atoms with Crippen molar-refractivity contribution in [1.82, 2.24) is 10.1 Å². The van der Waals surface area contributed by atoms with Crippen LogP contribution in [-0.2, 0) is 9.53 Å². The molecule has 4 aliphatic carbocycles. The monoisotopic (exact) mass is 446 g/mol. The first-order valence-electron chi connectivity index (χ1n) is 10.5. The summed E-state index contributed by atoms with van der Waals surface area (Å²) in [5.41, 5.74) is 2.15. The minimum atomic E-state index is -0.274. The fraction of sp³-hybridized carbons (Fsp3) is 0.522. The number of carbonyl (C=O) groups excluding carboxylic acids is 1. The first-order valence-corrected chi connectivity index (χ1v) is 11.3. The lowest BCUT2D eigenvalue weighted by Gasteiger charge is -2.50. The van der Waals surface area contributed by atoms with E-state index in [9.17, 15) is 4.79 Å². The molecule has 158 valence electrons. The van der Waals surface area contributed by atoms with Gasteiger partial charge >= 0.3 is 5.97 Å². The highest BCUT2D eigenvalue weighted by Gasteiger charge is 2.52. The number of methoxy groups -OCH3 is 1. The Morgan fingerprint density at radius 1 is 1.13 bits per heavy atom. The van der Waals surface area contributed by atoms with E-state index in [-0.39, 0.29) is 16.8 Å². The molecule has 0 N–H and O–H groups in total. The number of halogens is 2. The average molecular weight is 447 g/mol. The van der Waals surface area contributed by atoms with E-state index in [2.05, 4.69) is 22.3 Å². The van der Waals surface area contributed by atoms with Crippen LogP contribution in [0.5, 0.6) is 0 Å². The Balaban J connectivity index is 1.48. The maximum atomic E-state index is 12.3. The molecular weight excluding hydrogens is 423 g/mol. The highest BCUT2D eigenvalue weighted by atomic mass is 35.5. The minimum Gasteiger partial charge on any atom is -0.469 e. The Labute approximate surface area is 185 Å². The molecule has 2 aromatic rings. The van der Waals surface area contributed by atoms with Gasteiger partial charge in [-0.2, -0.15) is 0 Å². The zero-order valence-electron chi connectivity index (χ0n) is 16.9. The van der Waals surface area contributed by atoms with E-state index >= 15 is 0 Å². The number of carbonyl (C=O) groups is 1. The third kappa shape index (κ3) is 3.27. The Hall–Kier alpha value is -1.85. The van der Waals surface area contributed by atoms with Crippen molar-refractivity contribution in [2.24, 2.45) is 10.8 Å². The lowest BCUT2D eigenvalue weighted by Crippen LogP contribution is -2.45. The number of nitrogens with zero attached hydrogens (tertiary/aromatic N) is 2. The van der Waals surface area contributed by atoms with Gasteiger partial charge in [-0.25, -0.2) is 0 Å². The Morgan fingerprint density at radius 2 is 1.77 bits per heavy atom. The highest BCUT2D eigenvalue weighted by molar-refractivity contribution is 6.39. The van der Waals surface area contributed by atoms with Gasteiger partial charge in [0, 0.05) is 29.4 Å². The number of allylic oxidation sites excluding steroid dienone is 1. The fourth-order valence-electron chi connectivity index (χ4n) is 5.18. The molecule has 6 rings (SSSR count). The van der Waals surface area contributed by atoms with Crippen LogP contribution in [0.1, 0.15) is 68.6 Å². The SMILES string of the molecule is COC(=O)C12CCC(C=Cc3c(-c4c(Cl)cncc4Cl)noc3C3CC3)(CC1)CC2. The molecule has 4 saturated carbocycles. The summed E-state index contributed by atoms with van der Waals surface area (Å²) in [5.74, 6) is 1.28. The first-order chi connectivity index (χ1) is 14.5. The molecule has 0 atom stereocenters. The molecule has 7 heteroatoms. The normalized spacial score (nSPS) is 28.2. The number of fused-ring (bicyclic) bond motifs is 3. The predicted octanol–water partition coefficient (Wildman–Crippen LogP) is 6.45.